The average molecular weight is 279 g/mol. The van der Waals surface area contributed by atoms with Crippen LogP contribution in [0.1, 0.15) is 51.9 Å². The summed E-state index contributed by atoms with van der Waals surface area (Å²) >= 11 is 0. The molecule has 2 atom stereocenters. The zero-order valence-electron chi connectivity index (χ0n) is 12.6. The van der Waals surface area contributed by atoms with Gasteiger partial charge >= 0.3 is 0 Å². The summed E-state index contributed by atoms with van der Waals surface area (Å²) in [5.41, 5.74) is 0.960. The van der Waals surface area contributed by atoms with E-state index in [4.69, 9.17) is 4.74 Å². The Morgan fingerprint density at radius 1 is 1.25 bits per heavy atom. The van der Waals surface area contributed by atoms with Gasteiger partial charge < -0.3 is 10.1 Å². The molecule has 112 valence electrons. The van der Waals surface area contributed by atoms with Gasteiger partial charge in [0.25, 0.3) is 0 Å². The summed E-state index contributed by atoms with van der Waals surface area (Å²) in [5, 5.41) is 3.54. The lowest BCUT2D eigenvalue weighted by Gasteiger charge is -2.18. The Bertz CT molecular complexity index is 421. The van der Waals surface area contributed by atoms with Crippen molar-refractivity contribution in [2.75, 3.05) is 12.4 Å². The third-order valence-electron chi connectivity index (χ3n) is 4.31. The largest absolute Gasteiger partial charge is 0.494 e. The summed E-state index contributed by atoms with van der Waals surface area (Å²) in [7, 11) is 1.50. The van der Waals surface area contributed by atoms with Gasteiger partial charge in [0.1, 0.15) is 0 Å². The minimum Gasteiger partial charge on any atom is -0.494 e. The van der Waals surface area contributed by atoms with Crippen LogP contribution in [0, 0.1) is 11.7 Å². The molecule has 2 rings (SSSR count). The van der Waals surface area contributed by atoms with Gasteiger partial charge in [0.15, 0.2) is 11.6 Å². The van der Waals surface area contributed by atoms with Gasteiger partial charge in [0, 0.05) is 17.8 Å². The summed E-state index contributed by atoms with van der Waals surface area (Å²) in [6.07, 6.45) is 9.03. The first-order valence-corrected chi connectivity index (χ1v) is 7.83. The van der Waals surface area contributed by atoms with E-state index in [1.807, 2.05) is 0 Å². The number of rotatable bonds is 5. The van der Waals surface area contributed by atoms with Crippen LogP contribution in [0.2, 0.25) is 0 Å². The van der Waals surface area contributed by atoms with E-state index in [0.29, 0.717) is 11.8 Å². The van der Waals surface area contributed by atoms with Gasteiger partial charge in [0.05, 0.1) is 7.11 Å². The number of hydrogen-bond donors (Lipinski definition) is 1. The molecule has 1 aliphatic carbocycles. The standard InChI is InChI=1S/C17H26FNO/c1-3-5-13-6-4-7-14(9-8-13)19-15-10-11-16(18)17(12-15)20-2/h10-14,19H,3-9H2,1-2H3. The molecule has 0 saturated heterocycles. The lowest BCUT2D eigenvalue weighted by molar-refractivity contribution is 0.386. The Morgan fingerprint density at radius 2 is 2.10 bits per heavy atom. The number of ether oxygens (including phenoxy) is 1. The maximum Gasteiger partial charge on any atom is 0.165 e. The third kappa shape index (κ3) is 4.12. The molecule has 0 radical (unpaired) electrons. The summed E-state index contributed by atoms with van der Waals surface area (Å²) in [6, 6.07) is 5.53. The molecule has 20 heavy (non-hydrogen) atoms. The minimum atomic E-state index is -0.304. The van der Waals surface area contributed by atoms with Crippen LogP contribution in [0.15, 0.2) is 18.2 Å². The molecule has 0 heterocycles. The van der Waals surface area contributed by atoms with E-state index in [1.165, 1.54) is 58.1 Å². The smallest absolute Gasteiger partial charge is 0.165 e. The summed E-state index contributed by atoms with van der Waals surface area (Å²) in [5.74, 6) is 0.906. The van der Waals surface area contributed by atoms with Crippen molar-refractivity contribution in [2.24, 2.45) is 5.92 Å². The molecule has 1 saturated carbocycles. The van der Waals surface area contributed by atoms with Crippen LogP contribution in [-0.4, -0.2) is 13.2 Å². The molecule has 1 aromatic rings. The molecule has 2 unspecified atom stereocenters. The number of nitrogens with one attached hydrogen (secondary N) is 1. The summed E-state index contributed by atoms with van der Waals surface area (Å²) in [4.78, 5) is 0. The second-order valence-electron chi connectivity index (χ2n) is 5.85. The van der Waals surface area contributed by atoms with Gasteiger partial charge in [-0.25, -0.2) is 4.39 Å². The van der Waals surface area contributed by atoms with Crippen LogP contribution in [0.5, 0.6) is 5.75 Å². The predicted molar refractivity (Wildman–Crippen MR) is 81.8 cm³/mol. The van der Waals surface area contributed by atoms with Crippen molar-refractivity contribution in [2.45, 2.75) is 57.9 Å². The Hall–Kier alpha value is -1.25. The first-order valence-electron chi connectivity index (χ1n) is 7.83. The van der Waals surface area contributed by atoms with Gasteiger partial charge in [0.2, 0.25) is 0 Å². The highest BCUT2D eigenvalue weighted by molar-refractivity contribution is 5.49. The van der Waals surface area contributed by atoms with Gasteiger partial charge in [-0.15, -0.1) is 0 Å². The van der Waals surface area contributed by atoms with Crippen molar-refractivity contribution in [1.29, 1.82) is 0 Å². The highest BCUT2D eigenvalue weighted by Gasteiger charge is 2.18. The molecule has 0 amide bonds. The highest BCUT2D eigenvalue weighted by atomic mass is 19.1. The molecule has 1 aromatic carbocycles. The van der Waals surface area contributed by atoms with Crippen LogP contribution in [0.4, 0.5) is 10.1 Å². The average Bonchev–Trinajstić information content (AvgIpc) is 2.67. The lowest BCUT2D eigenvalue weighted by Crippen LogP contribution is -2.18. The van der Waals surface area contributed by atoms with E-state index >= 15 is 0 Å². The molecule has 0 bridgehead atoms. The van der Waals surface area contributed by atoms with E-state index in [0.717, 1.165) is 11.6 Å². The van der Waals surface area contributed by atoms with E-state index in [1.54, 1.807) is 12.1 Å². The van der Waals surface area contributed by atoms with Gasteiger partial charge in [-0.05, 0) is 37.3 Å². The fourth-order valence-electron chi connectivity index (χ4n) is 3.21. The van der Waals surface area contributed by atoms with Gasteiger partial charge in [-0.2, -0.15) is 0 Å². The molecule has 1 aliphatic rings. The first kappa shape index (κ1) is 15.1. The molecule has 1 fully saturated rings. The fourth-order valence-corrected chi connectivity index (χ4v) is 3.21. The number of methoxy groups -OCH3 is 1. The predicted octanol–water partition coefficient (Wildman–Crippen LogP) is 5.00. The Balaban J connectivity index is 1.93. The number of halogens is 1. The molecule has 0 aliphatic heterocycles. The van der Waals surface area contributed by atoms with Crippen LogP contribution in [-0.2, 0) is 0 Å². The summed E-state index contributed by atoms with van der Waals surface area (Å²) in [6.45, 7) is 2.27. The zero-order valence-corrected chi connectivity index (χ0v) is 12.6. The lowest BCUT2D eigenvalue weighted by atomic mass is 9.95. The molecular formula is C17H26FNO. The van der Waals surface area contributed by atoms with E-state index in [-0.39, 0.29) is 5.82 Å². The fraction of sp³-hybridized carbons (Fsp3) is 0.647. The van der Waals surface area contributed by atoms with Crippen molar-refractivity contribution in [3.05, 3.63) is 24.0 Å². The normalized spacial score (nSPS) is 23.1. The minimum absolute atomic E-state index is 0.304. The van der Waals surface area contributed by atoms with Crippen molar-refractivity contribution in [3.8, 4) is 5.75 Å². The van der Waals surface area contributed by atoms with Gasteiger partial charge in [-0.3, -0.25) is 0 Å². The monoisotopic (exact) mass is 279 g/mol. The molecule has 0 spiro atoms. The van der Waals surface area contributed by atoms with E-state index in [2.05, 4.69) is 12.2 Å². The van der Waals surface area contributed by atoms with Crippen LogP contribution in [0.25, 0.3) is 0 Å². The maximum absolute atomic E-state index is 13.4. The second kappa shape index (κ2) is 7.51. The zero-order chi connectivity index (χ0) is 14.4. The van der Waals surface area contributed by atoms with Gasteiger partial charge in [-0.1, -0.05) is 32.6 Å². The highest BCUT2D eigenvalue weighted by Crippen LogP contribution is 2.29. The number of benzene rings is 1. The van der Waals surface area contributed by atoms with Crippen LogP contribution in [0.3, 0.4) is 0 Å². The number of anilines is 1. The Morgan fingerprint density at radius 3 is 2.85 bits per heavy atom. The van der Waals surface area contributed by atoms with Crippen molar-refractivity contribution < 1.29 is 9.13 Å². The Labute approximate surface area is 121 Å². The third-order valence-corrected chi connectivity index (χ3v) is 4.31. The molecule has 1 N–H and O–H groups in total. The SMILES string of the molecule is CCCC1CCCC(Nc2ccc(F)c(OC)c2)CC1. The first-order chi connectivity index (χ1) is 9.72. The second-order valence-corrected chi connectivity index (χ2v) is 5.85. The van der Waals surface area contributed by atoms with Crippen LogP contribution >= 0.6 is 0 Å². The molecule has 3 heteroatoms. The van der Waals surface area contributed by atoms with E-state index < -0.39 is 0 Å². The van der Waals surface area contributed by atoms with Crippen molar-refractivity contribution in [1.82, 2.24) is 0 Å². The van der Waals surface area contributed by atoms with Crippen molar-refractivity contribution >= 4 is 5.69 Å². The summed E-state index contributed by atoms with van der Waals surface area (Å²) < 4.78 is 18.4. The number of hydrogen-bond acceptors (Lipinski definition) is 2. The molecule has 2 nitrogen and oxygen atoms in total. The Kier molecular flexibility index (Phi) is 5.69. The maximum atomic E-state index is 13.4. The quantitative estimate of drug-likeness (QED) is 0.766. The molecular weight excluding hydrogens is 253 g/mol. The van der Waals surface area contributed by atoms with Crippen molar-refractivity contribution in [3.63, 3.8) is 0 Å². The topological polar surface area (TPSA) is 21.3 Å². The van der Waals surface area contributed by atoms with E-state index in [9.17, 15) is 4.39 Å². The molecule has 0 aromatic heterocycles. The van der Waals surface area contributed by atoms with Crippen LogP contribution < -0.4 is 10.1 Å².